The zero-order valence-corrected chi connectivity index (χ0v) is 16.6. The van der Waals surface area contributed by atoms with Gasteiger partial charge >= 0.3 is 0 Å². The second-order valence-electron chi connectivity index (χ2n) is 7.36. The van der Waals surface area contributed by atoms with Crippen molar-refractivity contribution in [3.05, 3.63) is 71.3 Å². The summed E-state index contributed by atoms with van der Waals surface area (Å²) in [5, 5.41) is 0. The Morgan fingerprint density at radius 3 is 2.33 bits per heavy atom. The topological polar surface area (TPSA) is 66.5 Å². The van der Waals surface area contributed by atoms with Crippen LogP contribution in [0, 0.1) is 5.92 Å². The molecule has 0 saturated carbocycles. The maximum Gasteiger partial charge on any atom is 0.241 e. The van der Waals surface area contributed by atoms with Gasteiger partial charge in [0.05, 0.1) is 5.75 Å². The highest BCUT2D eigenvalue weighted by molar-refractivity contribution is 7.88. The number of nitrogens with zero attached hydrogens (tertiary/aromatic N) is 1. The average Bonchev–Trinajstić information content (AvgIpc) is 2.65. The zero-order valence-electron chi connectivity index (χ0n) is 15.8. The van der Waals surface area contributed by atoms with Crippen LogP contribution in [0.25, 0.3) is 0 Å². The summed E-state index contributed by atoms with van der Waals surface area (Å²) in [5.41, 5.74) is 3.09. The molecule has 144 valence electrons. The average molecular weight is 387 g/mol. The fraction of sp³-hybridized carbons (Fsp3) is 0.381. The molecular formula is C21H26N2O3S. The molecule has 1 atom stereocenters. The van der Waals surface area contributed by atoms with Gasteiger partial charge in [-0.05, 0) is 29.0 Å². The Bertz CT molecular complexity index is 895. The number of carbonyl (C=O) groups excluding carboxylic acids is 1. The Balaban J connectivity index is 1.73. The van der Waals surface area contributed by atoms with Crippen molar-refractivity contribution in [2.45, 2.75) is 38.6 Å². The minimum atomic E-state index is -3.62. The van der Waals surface area contributed by atoms with Crippen LogP contribution in [0.4, 0.5) is 0 Å². The minimum Gasteiger partial charge on any atom is -0.337 e. The maximum absolute atomic E-state index is 13.1. The summed E-state index contributed by atoms with van der Waals surface area (Å²) >= 11 is 0. The van der Waals surface area contributed by atoms with Gasteiger partial charge in [0.25, 0.3) is 0 Å². The van der Waals surface area contributed by atoms with Crippen LogP contribution in [-0.4, -0.2) is 31.8 Å². The van der Waals surface area contributed by atoms with E-state index in [1.54, 1.807) is 29.2 Å². The molecule has 0 unspecified atom stereocenters. The Morgan fingerprint density at radius 2 is 1.67 bits per heavy atom. The van der Waals surface area contributed by atoms with Crippen LogP contribution in [0.2, 0.25) is 0 Å². The van der Waals surface area contributed by atoms with Crippen molar-refractivity contribution < 1.29 is 13.2 Å². The van der Waals surface area contributed by atoms with Crippen molar-refractivity contribution in [1.29, 1.82) is 0 Å². The minimum absolute atomic E-state index is 0.132. The van der Waals surface area contributed by atoms with Crippen molar-refractivity contribution in [1.82, 2.24) is 9.62 Å². The molecule has 0 aromatic heterocycles. The first-order valence-electron chi connectivity index (χ1n) is 9.25. The number of sulfonamides is 1. The highest BCUT2D eigenvalue weighted by atomic mass is 32.2. The van der Waals surface area contributed by atoms with Gasteiger partial charge in [-0.25, -0.2) is 13.1 Å². The molecule has 0 fully saturated rings. The molecule has 2 aromatic carbocycles. The van der Waals surface area contributed by atoms with Crippen molar-refractivity contribution in [2.24, 2.45) is 5.92 Å². The first-order valence-corrected chi connectivity index (χ1v) is 10.9. The molecule has 27 heavy (non-hydrogen) atoms. The summed E-state index contributed by atoms with van der Waals surface area (Å²) in [7, 11) is -3.62. The Kier molecular flexibility index (Phi) is 5.97. The smallest absolute Gasteiger partial charge is 0.241 e. The lowest BCUT2D eigenvalue weighted by Crippen LogP contribution is -2.52. The predicted molar refractivity (Wildman–Crippen MR) is 106 cm³/mol. The molecule has 1 amide bonds. The summed E-state index contributed by atoms with van der Waals surface area (Å²) in [6.07, 6.45) is 0.795. The molecule has 0 aliphatic carbocycles. The van der Waals surface area contributed by atoms with E-state index in [0.29, 0.717) is 18.7 Å². The monoisotopic (exact) mass is 386 g/mol. The van der Waals surface area contributed by atoms with Gasteiger partial charge in [-0.3, -0.25) is 4.79 Å². The summed E-state index contributed by atoms with van der Waals surface area (Å²) in [5.74, 6) is -0.427. The van der Waals surface area contributed by atoms with Gasteiger partial charge in [-0.15, -0.1) is 0 Å². The lowest BCUT2D eigenvalue weighted by atomic mass is 9.97. The molecule has 1 N–H and O–H groups in total. The molecule has 3 rings (SSSR count). The molecule has 6 heteroatoms. The first kappa shape index (κ1) is 19.6. The molecule has 0 bridgehead atoms. The van der Waals surface area contributed by atoms with Crippen LogP contribution < -0.4 is 4.72 Å². The summed E-state index contributed by atoms with van der Waals surface area (Å²) in [6.45, 7) is 4.87. The van der Waals surface area contributed by atoms with E-state index >= 15 is 0 Å². The van der Waals surface area contributed by atoms with E-state index in [2.05, 4.69) is 10.8 Å². The van der Waals surface area contributed by atoms with E-state index in [0.717, 1.165) is 12.0 Å². The Hall–Kier alpha value is -2.18. The molecule has 2 aromatic rings. The van der Waals surface area contributed by atoms with E-state index < -0.39 is 16.1 Å². The fourth-order valence-corrected chi connectivity index (χ4v) is 4.86. The van der Waals surface area contributed by atoms with E-state index in [-0.39, 0.29) is 17.6 Å². The Labute approximate surface area is 161 Å². The third-order valence-electron chi connectivity index (χ3n) is 4.88. The standard InChI is InChI=1S/C21H26N2O3S/c1-16(2)20(22-27(25,26)15-17-8-4-3-5-9-17)21(24)23-13-12-18-10-6-7-11-19(18)14-23/h3-11,16,20,22H,12-15H2,1-2H3/t20-/m0/s1. The maximum atomic E-state index is 13.1. The van der Waals surface area contributed by atoms with Crippen LogP contribution in [0.15, 0.2) is 54.6 Å². The van der Waals surface area contributed by atoms with Crippen molar-refractivity contribution in [3.63, 3.8) is 0 Å². The van der Waals surface area contributed by atoms with Gasteiger partial charge in [0.1, 0.15) is 6.04 Å². The van der Waals surface area contributed by atoms with E-state index in [4.69, 9.17) is 0 Å². The van der Waals surface area contributed by atoms with E-state index in [9.17, 15) is 13.2 Å². The van der Waals surface area contributed by atoms with Crippen molar-refractivity contribution in [2.75, 3.05) is 6.54 Å². The molecule has 1 aliphatic heterocycles. The highest BCUT2D eigenvalue weighted by Gasteiger charge is 2.32. The SMILES string of the molecule is CC(C)[C@H](NS(=O)(=O)Cc1ccccc1)C(=O)N1CCc2ccccc2C1. The summed E-state index contributed by atoms with van der Waals surface area (Å²) in [4.78, 5) is 14.8. The van der Waals surface area contributed by atoms with Crippen LogP contribution in [-0.2, 0) is 33.5 Å². The van der Waals surface area contributed by atoms with E-state index in [1.807, 2.05) is 38.1 Å². The Morgan fingerprint density at radius 1 is 1.04 bits per heavy atom. The van der Waals surface area contributed by atoms with Gasteiger partial charge in [-0.1, -0.05) is 68.4 Å². The van der Waals surface area contributed by atoms with E-state index in [1.165, 1.54) is 5.56 Å². The van der Waals surface area contributed by atoms with Gasteiger partial charge in [0.2, 0.25) is 15.9 Å². The van der Waals surface area contributed by atoms with Gasteiger partial charge in [0, 0.05) is 13.1 Å². The van der Waals surface area contributed by atoms with Gasteiger partial charge in [0.15, 0.2) is 0 Å². The molecule has 1 aliphatic rings. The molecule has 0 radical (unpaired) electrons. The van der Waals surface area contributed by atoms with Crippen LogP contribution in [0.5, 0.6) is 0 Å². The quantitative estimate of drug-likeness (QED) is 0.830. The predicted octanol–water partition coefficient (Wildman–Crippen LogP) is 2.72. The summed E-state index contributed by atoms with van der Waals surface area (Å²) in [6, 6.07) is 16.3. The third kappa shape index (κ3) is 4.96. The lowest BCUT2D eigenvalue weighted by molar-refractivity contribution is -0.135. The third-order valence-corrected chi connectivity index (χ3v) is 6.21. The largest absolute Gasteiger partial charge is 0.337 e. The van der Waals surface area contributed by atoms with Crippen LogP contribution in [0.1, 0.15) is 30.5 Å². The first-order chi connectivity index (χ1) is 12.9. The fourth-order valence-electron chi connectivity index (χ4n) is 3.38. The van der Waals surface area contributed by atoms with Gasteiger partial charge in [-0.2, -0.15) is 0 Å². The highest BCUT2D eigenvalue weighted by Crippen LogP contribution is 2.20. The number of nitrogens with one attached hydrogen (secondary N) is 1. The van der Waals surface area contributed by atoms with Crippen molar-refractivity contribution in [3.8, 4) is 0 Å². The molecular weight excluding hydrogens is 360 g/mol. The molecule has 0 saturated heterocycles. The zero-order chi connectivity index (χ0) is 19.4. The molecule has 5 nitrogen and oxygen atoms in total. The number of carbonyl (C=O) groups is 1. The van der Waals surface area contributed by atoms with Crippen LogP contribution in [0.3, 0.4) is 0 Å². The second kappa shape index (κ2) is 8.23. The number of hydrogen-bond donors (Lipinski definition) is 1. The number of fused-ring (bicyclic) bond motifs is 1. The number of amides is 1. The number of hydrogen-bond acceptors (Lipinski definition) is 3. The van der Waals surface area contributed by atoms with Crippen molar-refractivity contribution >= 4 is 15.9 Å². The second-order valence-corrected chi connectivity index (χ2v) is 9.12. The molecule has 0 spiro atoms. The molecule has 1 heterocycles. The normalized spacial score (nSPS) is 15.4. The van der Waals surface area contributed by atoms with Crippen LogP contribution >= 0.6 is 0 Å². The number of rotatable bonds is 6. The summed E-state index contributed by atoms with van der Waals surface area (Å²) < 4.78 is 27.9. The number of benzene rings is 2. The van der Waals surface area contributed by atoms with Gasteiger partial charge < -0.3 is 4.90 Å². The lowest BCUT2D eigenvalue weighted by Gasteiger charge is -2.33.